The van der Waals surface area contributed by atoms with Gasteiger partial charge >= 0.3 is 5.97 Å². The van der Waals surface area contributed by atoms with Gasteiger partial charge in [0.25, 0.3) is 5.91 Å². The van der Waals surface area contributed by atoms with Crippen LogP contribution in [-0.4, -0.2) is 35.2 Å². The van der Waals surface area contributed by atoms with Gasteiger partial charge in [0.15, 0.2) is 0 Å². The van der Waals surface area contributed by atoms with Gasteiger partial charge in [-0.15, -0.1) is 11.8 Å². The van der Waals surface area contributed by atoms with E-state index < -0.39 is 6.04 Å². The van der Waals surface area contributed by atoms with Gasteiger partial charge < -0.3 is 9.64 Å². The number of thioether (sulfide) groups is 1. The summed E-state index contributed by atoms with van der Waals surface area (Å²) in [6.07, 6.45) is 0. The maximum atomic E-state index is 13.4. The summed E-state index contributed by atoms with van der Waals surface area (Å²) in [5.41, 5.74) is 1.33. The lowest BCUT2D eigenvalue weighted by Crippen LogP contribution is -2.44. The van der Waals surface area contributed by atoms with Crippen LogP contribution < -0.4 is 0 Å². The second-order valence-electron chi connectivity index (χ2n) is 6.97. The van der Waals surface area contributed by atoms with Gasteiger partial charge in [-0.05, 0) is 30.2 Å². The monoisotopic (exact) mass is 481 g/mol. The highest BCUT2D eigenvalue weighted by Crippen LogP contribution is 2.44. The zero-order chi connectivity index (χ0) is 20.3. The Morgan fingerprint density at radius 2 is 2.00 bits per heavy atom. The summed E-state index contributed by atoms with van der Waals surface area (Å²) < 4.78 is 6.26. The first-order chi connectivity index (χ1) is 13.4. The Bertz CT molecular complexity index is 876. The lowest BCUT2D eigenvalue weighted by Gasteiger charge is -2.29. The number of rotatable bonds is 5. The SMILES string of the molecule is CC(C)COC(=O)C1CSC(c2ccccc2Cl)N1C(=O)c1cccc(Br)c1. The van der Waals surface area contributed by atoms with Gasteiger partial charge in [-0.1, -0.05) is 65.6 Å². The van der Waals surface area contributed by atoms with E-state index in [0.717, 1.165) is 10.0 Å². The molecule has 4 nitrogen and oxygen atoms in total. The zero-order valence-corrected chi connectivity index (χ0v) is 18.8. The number of amides is 1. The third-order valence-electron chi connectivity index (χ3n) is 4.31. The second kappa shape index (κ2) is 9.33. The highest BCUT2D eigenvalue weighted by molar-refractivity contribution is 9.10. The highest BCUT2D eigenvalue weighted by Gasteiger charge is 2.44. The fourth-order valence-electron chi connectivity index (χ4n) is 2.97. The number of benzene rings is 2. The summed E-state index contributed by atoms with van der Waals surface area (Å²) in [6, 6.07) is 13.9. The van der Waals surface area contributed by atoms with Crippen molar-refractivity contribution in [2.75, 3.05) is 12.4 Å². The van der Waals surface area contributed by atoms with Gasteiger partial charge in [-0.3, -0.25) is 4.79 Å². The van der Waals surface area contributed by atoms with Gasteiger partial charge in [0.05, 0.1) is 6.61 Å². The summed E-state index contributed by atoms with van der Waals surface area (Å²) in [6.45, 7) is 4.29. The summed E-state index contributed by atoms with van der Waals surface area (Å²) in [7, 11) is 0. The van der Waals surface area contributed by atoms with Crippen LogP contribution in [-0.2, 0) is 9.53 Å². The van der Waals surface area contributed by atoms with Gasteiger partial charge in [0, 0.05) is 26.4 Å². The summed E-state index contributed by atoms with van der Waals surface area (Å²) in [4.78, 5) is 27.7. The Labute approximate surface area is 182 Å². The Morgan fingerprint density at radius 3 is 2.68 bits per heavy atom. The molecule has 3 rings (SSSR count). The molecule has 7 heteroatoms. The van der Waals surface area contributed by atoms with Crippen molar-refractivity contribution in [3.8, 4) is 0 Å². The zero-order valence-electron chi connectivity index (χ0n) is 15.6. The minimum Gasteiger partial charge on any atom is -0.464 e. The van der Waals surface area contributed by atoms with Crippen molar-refractivity contribution in [2.24, 2.45) is 5.92 Å². The van der Waals surface area contributed by atoms with Crippen LogP contribution in [0.15, 0.2) is 53.0 Å². The number of halogens is 2. The number of ether oxygens (including phenoxy) is 1. The highest BCUT2D eigenvalue weighted by atomic mass is 79.9. The maximum Gasteiger partial charge on any atom is 0.329 e. The topological polar surface area (TPSA) is 46.6 Å². The second-order valence-corrected chi connectivity index (χ2v) is 9.41. The average molecular weight is 483 g/mol. The van der Waals surface area contributed by atoms with E-state index in [-0.39, 0.29) is 23.2 Å². The molecule has 2 aromatic rings. The predicted molar refractivity (Wildman–Crippen MR) is 117 cm³/mol. The minimum absolute atomic E-state index is 0.220. The van der Waals surface area contributed by atoms with Gasteiger partial charge in [-0.2, -0.15) is 0 Å². The van der Waals surface area contributed by atoms with E-state index >= 15 is 0 Å². The van der Waals surface area contributed by atoms with Crippen LogP contribution in [0.3, 0.4) is 0 Å². The molecule has 1 heterocycles. The van der Waals surface area contributed by atoms with Crippen molar-refractivity contribution >= 4 is 51.2 Å². The van der Waals surface area contributed by atoms with E-state index in [0.29, 0.717) is 22.9 Å². The average Bonchev–Trinajstić information content (AvgIpc) is 3.10. The molecular formula is C21H21BrClNO3S. The summed E-state index contributed by atoms with van der Waals surface area (Å²) in [5, 5.41) is 0.222. The number of hydrogen-bond acceptors (Lipinski definition) is 4. The third-order valence-corrected chi connectivity index (χ3v) is 6.45. The molecule has 2 atom stereocenters. The molecule has 1 aliphatic heterocycles. The first-order valence-electron chi connectivity index (χ1n) is 8.99. The standard InChI is InChI=1S/C21H21BrClNO3S/c1-13(2)11-27-21(26)18-12-28-20(16-8-3-4-9-17(16)23)24(18)19(25)14-6-5-7-15(22)10-14/h3-10,13,18,20H,11-12H2,1-2H3. The van der Waals surface area contributed by atoms with Crippen LogP contribution in [0.5, 0.6) is 0 Å². The Balaban J connectivity index is 1.96. The van der Waals surface area contributed by atoms with Crippen molar-refractivity contribution in [3.63, 3.8) is 0 Å². The molecule has 1 aliphatic rings. The Hall–Kier alpha value is -1.50. The third kappa shape index (κ3) is 4.73. The molecule has 0 spiro atoms. The molecule has 28 heavy (non-hydrogen) atoms. The van der Waals surface area contributed by atoms with E-state index in [1.807, 2.05) is 38.1 Å². The molecule has 2 aromatic carbocycles. The van der Waals surface area contributed by atoms with Crippen LogP contribution in [0, 0.1) is 5.92 Å². The smallest absolute Gasteiger partial charge is 0.329 e. The normalized spacial score (nSPS) is 19.1. The lowest BCUT2D eigenvalue weighted by molar-refractivity contribution is -0.149. The first kappa shape index (κ1) is 21.2. The molecule has 2 unspecified atom stereocenters. The minimum atomic E-state index is -0.656. The molecular weight excluding hydrogens is 462 g/mol. The summed E-state index contributed by atoms with van der Waals surface area (Å²) >= 11 is 11.3. The van der Waals surface area contributed by atoms with E-state index in [1.165, 1.54) is 11.8 Å². The van der Waals surface area contributed by atoms with E-state index in [2.05, 4.69) is 15.9 Å². The van der Waals surface area contributed by atoms with Crippen LogP contribution in [0.1, 0.15) is 35.1 Å². The Morgan fingerprint density at radius 1 is 1.25 bits per heavy atom. The molecule has 1 amide bonds. The molecule has 0 N–H and O–H groups in total. The fourth-order valence-corrected chi connectivity index (χ4v) is 5.12. The van der Waals surface area contributed by atoms with Crippen molar-refractivity contribution in [3.05, 3.63) is 69.2 Å². The van der Waals surface area contributed by atoms with Gasteiger partial charge in [0.1, 0.15) is 11.4 Å². The molecule has 0 bridgehead atoms. The largest absolute Gasteiger partial charge is 0.464 e. The molecule has 0 saturated carbocycles. The van der Waals surface area contributed by atoms with E-state index in [1.54, 1.807) is 29.2 Å². The van der Waals surface area contributed by atoms with Crippen LogP contribution in [0.2, 0.25) is 5.02 Å². The number of carbonyl (C=O) groups excluding carboxylic acids is 2. The molecule has 0 aromatic heterocycles. The number of hydrogen-bond donors (Lipinski definition) is 0. The van der Waals surface area contributed by atoms with Crippen molar-refractivity contribution in [2.45, 2.75) is 25.3 Å². The number of carbonyl (C=O) groups is 2. The molecule has 0 aliphatic carbocycles. The van der Waals surface area contributed by atoms with E-state index in [9.17, 15) is 9.59 Å². The van der Waals surface area contributed by atoms with Crippen LogP contribution >= 0.6 is 39.3 Å². The predicted octanol–water partition coefficient (Wildman–Crippen LogP) is 5.56. The van der Waals surface area contributed by atoms with E-state index in [4.69, 9.17) is 16.3 Å². The Kier molecular flexibility index (Phi) is 7.07. The molecule has 0 radical (unpaired) electrons. The lowest BCUT2D eigenvalue weighted by atomic mass is 10.1. The van der Waals surface area contributed by atoms with Crippen molar-refractivity contribution in [1.29, 1.82) is 0 Å². The number of nitrogens with zero attached hydrogens (tertiary/aromatic N) is 1. The molecule has 148 valence electrons. The van der Waals surface area contributed by atoms with Gasteiger partial charge in [-0.25, -0.2) is 4.79 Å². The molecule has 1 fully saturated rings. The van der Waals surface area contributed by atoms with Gasteiger partial charge in [0.2, 0.25) is 0 Å². The maximum absolute atomic E-state index is 13.4. The summed E-state index contributed by atoms with van der Waals surface area (Å²) in [5.74, 6) is 0.0976. The fraction of sp³-hybridized carbons (Fsp3) is 0.333. The van der Waals surface area contributed by atoms with Crippen molar-refractivity contribution in [1.82, 2.24) is 4.90 Å². The van der Waals surface area contributed by atoms with Crippen LogP contribution in [0.4, 0.5) is 0 Å². The van der Waals surface area contributed by atoms with Crippen molar-refractivity contribution < 1.29 is 14.3 Å². The number of esters is 1. The molecule has 1 saturated heterocycles. The quantitative estimate of drug-likeness (QED) is 0.524. The van der Waals surface area contributed by atoms with Crippen LogP contribution in [0.25, 0.3) is 0 Å². The first-order valence-corrected chi connectivity index (χ1v) is 11.2.